The van der Waals surface area contributed by atoms with Gasteiger partial charge >= 0.3 is 12.1 Å². The van der Waals surface area contributed by atoms with Gasteiger partial charge in [-0.3, -0.25) is 4.79 Å². The van der Waals surface area contributed by atoms with E-state index in [1.807, 2.05) is 6.08 Å². The Morgan fingerprint density at radius 3 is 2.33 bits per heavy atom. The van der Waals surface area contributed by atoms with Crippen LogP contribution >= 0.6 is 11.6 Å². The third-order valence-corrected chi connectivity index (χ3v) is 9.56. The maximum absolute atomic E-state index is 12.2. The maximum Gasteiger partial charge on any atom is 0.408 e. The van der Waals surface area contributed by atoms with Crippen molar-refractivity contribution in [1.29, 1.82) is 0 Å². The summed E-state index contributed by atoms with van der Waals surface area (Å²) in [5.74, 6) is -0.580. The van der Waals surface area contributed by atoms with Gasteiger partial charge in [0.15, 0.2) is 14.4 Å². The van der Waals surface area contributed by atoms with Crippen LogP contribution in [0.15, 0.2) is 11.1 Å². The monoisotopic (exact) mass is 419 g/mol. The van der Waals surface area contributed by atoms with Gasteiger partial charge in [-0.1, -0.05) is 38.4 Å². The number of nitrogens with one attached hydrogen (secondary N) is 1. The number of hydrogen-bond acceptors (Lipinski definition) is 5. The van der Waals surface area contributed by atoms with Crippen molar-refractivity contribution in [3.63, 3.8) is 0 Å². The Bertz CT molecular complexity index is 578. The highest BCUT2D eigenvalue weighted by Crippen LogP contribution is 2.40. The summed E-state index contributed by atoms with van der Waals surface area (Å²) in [6.45, 7) is 15.7. The first-order valence-corrected chi connectivity index (χ1v) is 12.6. The van der Waals surface area contributed by atoms with E-state index in [1.54, 1.807) is 20.8 Å². The average Bonchev–Trinajstić information content (AvgIpc) is 2.45. The van der Waals surface area contributed by atoms with Crippen LogP contribution in [0.3, 0.4) is 0 Å². The molecule has 0 radical (unpaired) electrons. The van der Waals surface area contributed by atoms with Crippen molar-refractivity contribution < 1.29 is 23.5 Å². The van der Waals surface area contributed by atoms with Crippen LogP contribution in [0.25, 0.3) is 0 Å². The van der Waals surface area contributed by atoms with Crippen molar-refractivity contribution in [1.82, 2.24) is 5.32 Å². The van der Waals surface area contributed by atoms with Crippen molar-refractivity contribution in [2.45, 2.75) is 90.3 Å². The lowest BCUT2D eigenvalue weighted by atomic mass is 10.0. The number of amides is 1. The molecule has 1 N–H and O–H groups in total. The fraction of sp³-hybridized carbons (Fsp3) is 0.789. The Balaban J connectivity index is 2.71. The summed E-state index contributed by atoms with van der Waals surface area (Å²) in [6.07, 6.45) is 1.77. The molecule has 1 aliphatic rings. The summed E-state index contributed by atoms with van der Waals surface area (Å²) in [4.78, 5) is 23.9. The normalized spacial score (nSPS) is 21.3. The molecule has 0 saturated carbocycles. The van der Waals surface area contributed by atoms with Crippen molar-refractivity contribution in [3.8, 4) is 0 Å². The zero-order chi connectivity index (χ0) is 21.0. The molecule has 0 aromatic carbocycles. The summed E-state index contributed by atoms with van der Waals surface area (Å²) >= 11 is 6.32. The highest BCUT2D eigenvalue weighted by Gasteiger charge is 2.42. The summed E-state index contributed by atoms with van der Waals surface area (Å²) in [6, 6.07) is 0. The number of carbonyl (C=O) groups is 2. The standard InChI is InChI=1S/C19H34ClNO5Si/c1-18(2,3)25-17(23)21-12-15(22)24-16-13(20)10-9-11-14(16)26-27(7,8)19(4,5)6/h10,14,16H,9,11-12H2,1-8H3,(H,21,23)/t14-,16+/m0/s1. The molecule has 2 atom stereocenters. The van der Waals surface area contributed by atoms with Gasteiger partial charge in [0.25, 0.3) is 0 Å². The van der Waals surface area contributed by atoms with Gasteiger partial charge in [0, 0.05) is 0 Å². The first-order chi connectivity index (χ1) is 12.1. The van der Waals surface area contributed by atoms with E-state index < -0.39 is 32.1 Å². The van der Waals surface area contributed by atoms with E-state index in [-0.39, 0.29) is 17.7 Å². The minimum absolute atomic E-state index is 0.0352. The van der Waals surface area contributed by atoms with Crippen LogP contribution in [0, 0.1) is 0 Å². The van der Waals surface area contributed by atoms with Crippen molar-refractivity contribution >= 4 is 32.0 Å². The van der Waals surface area contributed by atoms with Gasteiger partial charge in [-0.05, 0) is 51.7 Å². The SMILES string of the molecule is CC(C)(C)OC(=O)NCC(=O)O[C@@H]1C(Cl)=CCC[C@@H]1O[Si](C)(C)C(C)(C)C. The van der Waals surface area contributed by atoms with E-state index in [0.717, 1.165) is 12.8 Å². The molecular weight excluding hydrogens is 386 g/mol. The van der Waals surface area contributed by atoms with Crippen molar-refractivity contribution in [2.75, 3.05) is 6.54 Å². The van der Waals surface area contributed by atoms with Gasteiger partial charge in [-0.2, -0.15) is 0 Å². The third kappa shape index (κ3) is 7.83. The van der Waals surface area contributed by atoms with Crippen LogP contribution < -0.4 is 5.32 Å². The number of hydrogen-bond donors (Lipinski definition) is 1. The molecule has 156 valence electrons. The fourth-order valence-corrected chi connectivity index (χ4v) is 3.93. The van der Waals surface area contributed by atoms with E-state index in [2.05, 4.69) is 39.2 Å². The third-order valence-electron chi connectivity index (χ3n) is 4.69. The molecule has 0 unspecified atom stereocenters. The largest absolute Gasteiger partial charge is 0.453 e. The first kappa shape index (κ1) is 24.0. The van der Waals surface area contributed by atoms with E-state index in [0.29, 0.717) is 5.03 Å². The molecule has 0 aromatic heterocycles. The number of rotatable bonds is 5. The average molecular weight is 420 g/mol. The lowest BCUT2D eigenvalue weighted by molar-refractivity contribution is -0.150. The van der Waals surface area contributed by atoms with E-state index in [4.69, 9.17) is 25.5 Å². The summed E-state index contributed by atoms with van der Waals surface area (Å²) in [7, 11) is -2.04. The Labute approximate surface area is 169 Å². The second-order valence-corrected chi connectivity index (χ2v) is 14.5. The molecule has 0 saturated heterocycles. The molecule has 1 aliphatic carbocycles. The predicted molar refractivity (Wildman–Crippen MR) is 109 cm³/mol. The Morgan fingerprint density at radius 1 is 1.22 bits per heavy atom. The molecule has 0 spiro atoms. The topological polar surface area (TPSA) is 73.9 Å². The van der Waals surface area contributed by atoms with Gasteiger partial charge in [0.2, 0.25) is 0 Å². The number of allylic oxidation sites excluding steroid dienone is 1. The molecule has 8 heteroatoms. The van der Waals surface area contributed by atoms with Gasteiger partial charge in [0.1, 0.15) is 12.1 Å². The Hall–Kier alpha value is -1.05. The lowest BCUT2D eigenvalue weighted by Crippen LogP contribution is -2.49. The number of alkyl carbamates (subject to hydrolysis) is 1. The van der Waals surface area contributed by atoms with E-state index in [1.165, 1.54) is 0 Å². The van der Waals surface area contributed by atoms with Crippen LogP contribution in [-0.2, 0) is 18.7 Å². The predicted octanol–water partition coefficient (Wildman–Crippen LogP) is 4.73. The molecule has 0 aliphatic heterocycles. The second-order valence-electron chi connectivity index (χ2n) is 9.35. The molecule has 0 heterocycles. The molecular formula is C19H34ClNO5Si. The molecule has 0 bridgehead atoms. The molecule has 0 fully saturated rings. The first-order valence-electron chi connectivity index (χ1n) is 9.32. The number of ether oxygens (including phenoxy) is 2. The smallest absolute Gasteiger partial charge is 0.408 e. The van der Waals surface area contributed by atoms with Crippen LogP contribution in [0.5, 0.6) is 0 Å². The van der Waals surface area contributed by atoms with Crippen molar-refractivity contribution in [3.05, 3.63) is 11.1 Å². The number of carbonyl (C=O) groups excluding carboxylic acids is 2. The van der Waals surface area contributed by atoms with Crippen molar-refractivity contribution in [2.24, 2.45) is 0 Å². The van der Waals surface area contributed by atoms with E-state index in [9.17, 15) is 9.59 Å². The highest BCUT2D eigenvalue weighted by atomic mass is 35.5. The lowest BCUT2D eigenvalue weighted by Gasteiger charge is -2.42. The van der Waals surface area contributed by atoms with Gasteiger partial charge in [-0.25, -0.2) is 4.79 Å². The van der Waals surface area contributed by atoms with Gasteiger partial charge in [0.05, 0.1) is 11.1 Å². The van der Waals surface area contributed by atoms with Crippen LogP contribution in [-0.4, -0.2) is 44.7 Å². The van der Waals surface area contributed by atoms with Crippen LogP contribution in [0.2, 0.25) is 18.1 Å². The molecule has 6 nitrogen and oxygen atoms in total. The molecule has 1 rings (SSSR count). The maximum atomic E-state index is 12.2. The molecule has 0 aromatic rings. The zero-order valence-corrected chi connectivity index (χ0v) is 19.5. The van der Waals surface area contributed by atoms with Gasteiger partial charge in [-0.15, -0.1) is 0 Å². The number of halogens is 1. The molecule has 27 heavy (non-hydrogen) atoms. The van der Waals surface area contributed by atoms with Crippen LogP contribution in [0.1, 0.15) is 54.4 Å². The summed E-state index contributed by atoms with van der Waals surface area (Å²) in [5, 5.41) is 2.90. The minimum atomic E-state index is -2.04. The fourth-order valence-electron chi connectivity index (χ4n) is 2.28. The highest BCUT2D eigenvalue weighted by molar-refractivity contribution is 6.74. The summed E-state index contributed by atoms with van der Waals surface area (Å²) < 4.78 is 17.1. The second kappa shape index (κ2) is 8.96. The number of esters is 1. The molecule has 1 amide bonds. The Kier molecular flexibility index (Phi) is 7.96. The minimum Gasteiger partial charge on any atom is -0.453 e. The van der Waals surface area contributed by atoms with Gasteiger partial charge < -0.3 is 19.2 Å². The zero-order valence-electron chi connectivity index (χ0n) is 17.8. The van der Waals surface area contributed by atoms with E-state index >= 15 is 0 Å². The quantitative estimate of drug-likeness (QED) is 0.515. The Morgan fingerprint density at radius 2 is 1.81 bits per heavy atom. The summed E-state index contributed by atoms with van der Waals surface area (Å²) in [5.41, 5.74) is -0.633. The van der Waals surface area contributed by atoms with Crippen LogP contribution in [0.4, 0.5) is 4.79 Å².